The number of benzene rings is 2. The number of aryl methyl sites for hydroxylation is 3. The molecule has 0 aliphatic rings. The van der Waals surface area contributed by atoms with Gasteiger partial charge in [0.25, 0.3) is 0 Å². The zero-order valence-electron chi connectivity index (χ0n) is 13.9. The molecule has 0 spiro atoms. The van der Waals surface area contributed by atoms with Gasteiger partial charge in [-0.05, 0) is 69.3 Å². The van der Waals surface area contributed by atoms with E-state index < -0.39 is 0 Å². The highest BCUT2D eigenvalue weighted by Crippen LogP contribution is 2.25. The van der Waals surface area contributed by atoms with Crippen LogP contribution in [0.3, 0.4) is 0 Å². The van der Waals surface area contributed by atoms with E-state index in [0.29, 0.717) is 12.5 Å². The molecule has 0 aromatic heterocycles. The van der Waals surface area contributed by atoms with E-state index in [-0.39, 0.29) is 0 Å². The second kappa shape index (κ2) is 8.00. The quantitative estimate of drug-likeness (QED) is 0.763. The lowest BCUT2D eigenvalue weighted by molar-refractivity contribution is 0.301. The van der Waals surface area contributed by atoms with Gasteiger partial charge >= 0.3 is 0 Å². The van der Waals surface area contributed by atoms with Crippen LogP contribution in [0.15, 0.2) is 42.5 Å². The van der Waals surface area contributed by atoms with E-state index in [2.05, 4.69) is 51.1 Å². The van der Waals surface area contributed by atoms with E-state index in [1.807, 2.05) is 12.1 Å². The Balaban J connectivity index is 1.86. The standard InChI is InChI=1S/C20H27NO/c1-15-7-10-19(11-8-15)22-12-4-5-18(14-21)20-13-16(2)6-9-17(20)3/h6-11,13,18H,4-5,12,14,21H2,1-3H3. The first-order valence-electron chi connectivity index (χ1n) is 8.07. The Morgan fingerprint density at radius 1 is 0.955 bits per heavy atom. The Hall–Kier alpha value is -1.80. The summed E-state index contributed by atoms with van der Waals surface area (Å²) in [5.74, 6) is 1.36. The summed E-state index contributed by atoms with van der Waals surface area (Å²) in [6, 6.07) is 14.8. The zero-order valence-corrected chi connectivity index (χ0v) is 13.9. The van der Waals surface area contributed by atoms with E-state index in [9.17, 15) is 0 Å². The SMILES string of the molecule is Cc1ccc(OCCCC(CN)c2cc(C)ccc2C)cc1. The normalized spacial score (nSPS) is 12.2. The van der Waals surface area contributed by atoms with Crippen LogP contribution >= 0.6 is 0 Å². The highest BCUT2D eigenvalue weighted by atomic mass is 16.5. The van der Waals surface area contributed by atoms with Gasteiger partial charge in [-0.25, -0.2) is 0 Å². The third-order valence-electron chi connectivity index (χ3n) is 4.15. The average molecular weight is 297 g/mol. The highest BCUT2D eigenvalue weighted by Gasteiger charge is 2.12. The van der Waals surface area contributed by atoms with Gasteiger partial charge in [0, 0.05) is 0 Å². The molecule has 0 aliphatic heterocycles. The van der Waals surface area contributed by atoms with E-state index in [0.717, 1.165) is 25.2 Å². The smallest absolute Gasteiger partial charge is 0.119 e. The molecular weight excluding hydrogens is 270 g/mol. The summed E-state index contributed by atoms with van der Waals surface area (Å²) < 4.78 is 5.80. The van der Waals surface area contributed by atoms with E-state index in [1.54, 1.807) is 0 Å². The van der Waals surface area contributed by atoms with Crippen LogP contribution in [0.5, 0.6) is 5.75 Å². The van der Waals surface area contributed by atoms with Gasteiger partial charge in [-0.2, -0.15) is 0 Å². The van der Waals surface area contributed by atoms with Crippen molar-refractivity contribution in [3.05, 3.63) is 64.7 Å². The number of rotatable bonds is 7. The molecule has 0 radical (unpaired) electrons. The van der Waals surface area contributed by atoms with Gasteiger partial charge in [-0.3, -0.25) is 0 Å². The van der Waals surface area contributed by atoms with Crippen molar-refractivity contribution in [1.29, 1.82) is 0 Å². The summed E-state index contributed by atoms with van der Waals surface area (Å²) in [6.07, 6.45) is 2.08. The minimum Gasteiger partial charge on any atom is -0.494 e. The maximum Gasteiger partial charge on any atom is 0.119 e. The van der Waals surface area contributed by atoms with E-state index in [1.165, 1.54) is 22.3 Å². The maximum atomic E-state index is 5.99. The van der Waals surface area contributed by atoms with Gasteiger partial charge in [-0.15, -0.1) is 0 Å². The predicted molar refractivity (Wildman–Crippen MR) is 93.6 cm³/mol. The fraction of sp³-hybridized carbons (Fsp3) is 0.400. The minimum atomic E-state index is 0.418. The van der Waals surface area contributed by atoms with Crippen LogP contribution in [-0.4, -0.2) is 13.2 Å². The third kappa shape index (κ3) is 4.60. The Morgan fingerprint density at radius 3 is 2.32 bits per heavy atom. The molecule has 0 heterocycles. The molecule has 0 aliphatic carbocycles. The first-order valence-corrected chi connectivity index (χ1v) is 8.07. The fourth-order valence-electron chi connectivity index (χ4n) is 2.75. The predicted octanol–water partition coefficient (Wildman–Crippen LogP) is 4.51. The number of hydrogen-bond donors (Lipinski definition) is 1. The molecule has 0 bridgehead atoms. The van der Waals surface area contributed by atoms with Crippen molar-refractivity contribution in [3.8, 4) is 5.75 Å². The Morgan fingerprint density at radius 2 is 1.64 bits per heavy atom. The summed E-state index contributed by atoms with van der Waals surface area (Å²) in [5.41, 5.74) is 11.3. The summed E-state index contributed by atoms with van der Waals surface area (Å²) >= 11 is 0. The fourth-order valence-corrected chi connectivity index (χ4v) is 2.75. The van der Waals surface area contributed by atoms with Crippen LogP contribution in [0.1, 0.15) is 41.0 Å². The van der Waals surface area contributed by atoms with Crippen molar-refractivity contribution in [2.75, 3.05) is 13.2 Å². The van der Waals surface area contributed by atoms with Crippen molar-refractivity contribution in [2.24, 2.45) is 5.73 Å². The maximum absolute atomic E-state index is 5.99. The molecule has 2 aromatic rings. The topological polar surface area (TPSA) is 35.2 Å². The molecular formula is C20H27NO. The zero-order chi connectivity index (χ0) is 15.9. The lowest BCUT2D eigenvalue weighted by Crippen LogP contribution is -2.15. The van der Waals surface area contributed by atoms with Crippen molar-refractivity contribution in [3.63, 3.8) is 0 Å². The van der Waals surface area contributed by atoms with Gasteiger partial charge in [0.15, 0.2) is 0 Å². The summed E-state index contributed by atoms with van der Waals surface area (Å²) in [6.45, 7) is 7.82. The Kier molecular flexibility index (Phi) is 6.02. The van der Waals surface area contributed by atoms with Crippen LogP contribution in [-0.2, 0) is 0 Å². The van der Waals surface area contributed by atoms with Gasteiger partial charge in [0.05, 0.1) is 6.61 Å². The van der Waals surface area contributed by atoms with Crippen LogP contribution < -0.4 is 10.5 Å². The molecule has 0 fully saturated rings. The molecule has 1 unspecified atom stereocenters. The summed E-state index contributed by atoms with van der Waals surface area (Å²) in [4.78, 5) is 0. The van der Waals surface area contributed by atoms with E-state index >= 15 is 0 Å². The van der Waals surface area contributed by atoms with Gasteiger partial charge in [0.1, 0.15) is 5.75 Å². The van der Waals surface area contributed by atoms with Gasteiger partial charge < -0.3 is 10.5 Å². The summed E-state index contributed by atoms with van der Waals surface area (Å²) in [7, 11) is 0. The van der Waals surface area contributed by atoms with Crippen molar-refractivity contribution in [2.45, 2.75) is 39.5 Å². The molecule has 2 N–H and O–H groups in total. The molecule has 2 rings (SSSR count). The largest absolute Gasteiger partial charge is 0.494 e. The molecule has 2 heteroatoms. The van der Waals surface area contributed by atoms with Crippen LogP contribution in [0, 0.1) is 20.8 Å². The molecule has 2 aromatic carbocycles. The second-order valence-corrected chi connectivity index (χ2v) is 6.10. The molecule has 118 valence electrons. The minimum absolute atomic E-state index is 0.418. The molecule has 0 saturated carbocycles. The van der Waals surface area contributed by atoms with Crippen molar-refractivity contribution < 1.29 is 4.74 Å². The first kappa shape index (κ1) is 16.6. The number of hydrogen-bond acceptors (Lipinski definition) is 2. The second-order valence-electron chi connectivity index (χ2n) is 6.10. The van der Waals surface area contributed by atoms with Crippen molar-refractivity contribution >= 4 is 0 Å². The van der Waals surface area contributed by atoms with Gasteiger partial charge in [0.2, 0.25) is 0 Å². The number of ether oxygens (including phenoxy) is 1. The highest BCUT2D eigenvalue weighted by molar-refractivity contribution is 5.33. The molecule has 0 amide bonds. The van der Waals surface area contributed by atoms with E-state index in [4.69, 9.17) is 10.5 Å². The van der Waals surface area contributed by atoms with Crippen molar-refractivity contribution in [1.82, 2.24) is 0 Å². The molecule has 2 nitrogen and oxygen atoms in total. The number of nitrogens with two attached hydrogens (primary N) is 1. The van der Waals surface area contributed by atoms with Crippen LogP contribution in [0.25, 0.3) is 0 Å². The Bertz CT molecular complexity index is 589. The molecule has 0 saturated heterocycles. The third-order valence-corrected chi connectivity index (χ3v) is 4.15. The van der Waals surface area contributed by atoms with Crippen LogP contribution in [0.4, 0.5) is 0 Å². The lowest BCUT2D eigenvalue weighted by Gasteiger charge is -2.18. The molecule has 22 heavy (non-hydrogen) atoms. The monoisotopic (exact) mass is 297 g/mol. The average Bonchev–Trinajstić information content (AvgIpc) is 2.52. The van der Waals surface area contributed by atoms with Crippen LogP contribution in [0.2, 0.25) is 0 Å². The Labute approximate surface area is 134 Å². The first-order chi connectivity index (χ1) is 10.6. The lowest BCUT2D eigenvalue weighted by atomic mass is 9.90. The van der Waals surface area contributed by atoms with Gasteiger partial charge in [-0.1, -0.05) is 41.5 Å². The molecule has 1 atom stereocenters. The summed E-state index contributed by atoms with van der Waals surface area (Å²) in [5, 5.41) is 0.